The topological polar surface area (TPSA) is 42.0 Å². The molecule has 0 radical (unpaired) electrons. The van der Waals surface area contributed by atoms with E-state index in [9.17, 15) is 4.79 Å². The number of thioether (sulfide) groups is 1. The van der Waals surface area contributed by atoms with Crippen LogP contribution in [0.1, 0.15) is 25.8 Å². The number of hydrogen-bond acceptors (Lipinski definition) is 6. The molecule has 1 saturated heterocycles. The van der Waals surface area contributed by atoms with Gasteiger partial charge in [0.05, 0.1) is 19.1 Å². The summed E-state index contributed by atoms with van der Waals surface area (Å²) in [7, 11) is 3.19. The van der Waals surface area contributed by atoms with Crippen molar-refractivity contribution in [3.8, 4) is 11.5 Å². The monoisotopic (exact) mass is 394 g/mol. The highest BCUT2D eigenvalue weighted by molar-refractivity contribution is 8.26. The standard InChI is InChI=1S/C19H26N2O3S2/c1-5-20(6-2)10-7-11-21-18(22)17(26-19(21)25)13-14-8-9-15(23-3)16(12-14)24-4/h8-9,12-13H,5-7,10-11H2,1-4H3. The van der Waals surface area contributed by atoms with Gasteiger partial charge in [0.2, 0.25) is 0 Å². The molecule has 0 N–H and O–H groups in total. The van der Waals surface area contributed by atoms with E-state index in [1.54, 1.807) is 19.1 Å². The van der Waals surface area contributed by atoms with Gasteiger partial charge in [0.25, 0.3) is 5.91 Å². The fourth-order valence-corrected chi connectivity index (χ4v) is 4.09. The predicted molar refractivity (Wildman–Crippen MR) is 112 cm³/mol. The molecule has 0 unspecified atom stereocenters. The van der Waals surface area contributed by atoms with Gasteiger partial charge in [-0.1, -0.05) is 43.9 Å². The largest absolute Gasteiger partial charge is 0.493 e. The molecule has 5 nitrogen and oxygen atoms in total. The quantitative estimate of drug-likeness (QED) is 0.471. The summed E-state index contributed by atoms with van der Waals surface area (Å²) in [5.74, 6) is 1.28. The van der Waals surface area contributed by atoms with E-state index in [0.717, 1.165) is 31.6 Å². The molecule has 1 aliphatic heterocycles. The summed E-state index contributed by atoms with van der Waals surface area (Å²) in [5, 5.41) is 0. The average molecular weight is 395 g/mol. The number of carbonyl (C=O) groups is 1. The first kappa shape index (κ1) is 20.7. The lowest BCUT2D eigenvalue weighted by atomic mass is 10.2. The third kappa shape index (κ3) is 4.99. The maximum atomic E-state index is 12.7. The Morgan fingerprint density at radius 3 is 2.50 bits per heavy atom. The maximum absolute atomic E-state index is 12.7. The normalized spacial score (nSPS) is 16.0. The van der Waals surface area contributed by atoms with Crippen molar-refractivity contribution >= 4 is 40.3 Å². The van der Waals surface area contributed by atoms with Crippen molar-refractivity contribution in [2.45, 2.75) is 20.3 Å². The molecule has 0 bridgehead atoms. The molecule has 1 heterocycles. The fourth-order valence-electron chi connectivity index (χ4n) is 2.78. The van der Waals surface area contributed by atoms with Gasteiger partial charge in [0.15, 0.2) is 11.5 Å². The molecular formula is C19H26N2O3S2. The number of amides is 1. The van der Waals surface area contributed by atoms with Crippen LogP contribution in [0.2, 0.25) is 0 Å². The van der Waals surface area contributed by atoms with Crippen LogP contribution in [0, 0.1) is 0 Å². The molecule has 0 aliphatic carbocycles. The van der Waals surface area contributed by atoms with E-state index in [1.165, 1.54) is 11.8 Å². The molecule has 0 saturated carbocycles. The highest BCUT2D eigenvalue weighted by Gasteiger charge is 2.31. The minimum Gasteiger partial charge on any atom is -0.493 e. The molecule has 0 spiro atoms. The highest BCUT2D eigenvalue weighted by Crippen LogP contribution is 2.34. The first-order chi connectivity index (χ1) is 12.5. The molecule has 1 aromatic carbocycles. The lowest BCUT2D eigenvalue weighted by molar-refractivity contribution is -0.122. The Labute approximate surface area is 165 Å². The Kier molecular flexibility index (Phi) is 7.93. The maximum Gasteiger partial charge on any atom is 0.266 e. The minimum atomic E-state index is -0.0191. The van der Waals surface area contributed by atoms with Crippen LogP contribution in [-0.4, -0.2) is 60.4 Å². The number of ether oxygens (including phenoxy) is 2. The summed E-state index contributed by atoms with van der Waals surface area (Å²) >= 11 is 6.76. The van der Waals surface area contributed by atoms with Gasteiger partial charge in [0.1, 0.15) is 4.32 Å². The van der Waals surface area contributed by atoms with Gasteiger partial charge in [-0.3, -0.25) is 9.69 Å². The second kappa shape index (κ2) is 9.94. The molecule has 1 amide bonds. The number of thiocarbonyl (C=S) groups is 1. The van der Waals surface area contributed by atoms with E-state index in [4.69, 9.17) is 21.7 Å². The number of nitrogens with zero attached hydrogens (tertiary/aromatic N) is 2. The van der Waals surface area contributed by atoms with E-state index in [2.05, 4.69) is 18.7 Å². The van der Waals surface area contributed by atoms with Gasteiger partial charge in [-0.2, -0.15) is 0 Å². The second-order valence-corrected chi connectivity index (χ2v) is 7.50. The van der Waals surface area contributed by atoms with Crippen molar-refractivity contribution in [2.24, 2.45) is 0 Å². The van der Waals surface area contributed by atoms with Crippen LogP contribution in [0.4, 0.5) is 0 Å². The molecule has 26 heavy (non-hydrogen) atoms. The molecule has 1 fully saturated rings. The average Bonchev–Trinajstić information content (AvgIpc) is 2.92. The van der Waals surface area contributed by atoms with Crippen molar-refractivity contribution < 1.29 is 14.3 Å². The van der Waals surface area contributed by atoms with Crippen LogP contribution < -0.4 is 9.47 Å². The summed E-state index contributed by atoms with van der Waals surface area (Å²) in [4.78, 5) is 17.4. The van der Waals surface area contributed by atoms with E-state index in [0.29, 0.717) is 27.3 Å². The van der Waals surface area contributed by atoms with Crippen molar-refractivity contribution in [1.29, 1.82) is 0 Å². The van der Waals surface area contributed by atoms with Gasteiger partial charge in [-0.05, 0) is 49.8 Å². The van der Waals surface area contributed by atoms with Crippen molar-refractivity contribution in [1.82, 2.24) is 9.80 Å². The summed E-state index contributed by atoms with van der Waals surface area (Å²) in [6.45, 7) is 7.97. The van der Waals surface area contributed by atoms with Crippen LogP contribution in [0.15, 0.2) is 23.1 Å². The SMILES string of the molecule is CCN(CC)CCCN1C(=O)C(=Cc2ccc(OC)c(OC)c2)SC1=S. The smallest absolute Gasteiger partial charge is 0.266 e. The summed E-state index contributed by atoms with van der Waals surface area (Å²) in [6, 6.07) is 5.58. The Morgan fingerprint density at radius 1 is 1.19 bits per heavy atom. The Bertz CT molecular complexity index is 687. The van der Waals surface area contributed by atoms with Gasteiger partial charge in [-0.25, -0.2) is 0 Å². The molecule has 1 aliphatic rings. The van der Waals surface area contributed by atoms with Crippen LogP contribution in [-0.2, 0) is 4.79 Å². The molecular weight excluding hydrogens is 368 g/mol. The zero-order valence-corrected chi connectivity index (χ0v) is 17.4. The Hall–Kier alpha value is -1.57. The third-order valence-electron chi connectivity index (χ3n) is 4.33. The zero-order valence-electron chi connectivity index (χ0n) is 15.8. The molecule has 1 aromatic rings. The van der Waals surface area contributed by atoms with Crippen LogP contribution in [0.3, 0.4) is 0 Å². The molecule has 0 atom stereocenters. The summed E-state index contributed by atoms with van der Waals surface area (Å²) in [6.07, 6.45) is 2.77. The van der Waals surface area contributed by atoms with Crippen molar-refractivity contribution in [3.05, 3.63) is 28.7 Å². The van der Waals surface area contributed by atoms with E-state index < -0.39 is 0 Å². The van der Waals surface area contributed by atoms with Crippen molar-refractivity contribution in [3.63, 3.8) is 0 Å². The van der Waals surface area contributed by atoms with Crippen molar-refractivity contribution in [2.75, 3.05) is 40.4 Å². The Balaban J connectivity index is 2.06. The highest BCUT2D eigenvalue weighted by atomic mass is 32.2. The fraction of sp³-hybridized carbons (Fsp3) is 0.474. The summed E-state index contributed by atoms with van der Waals surface area (Å²) in [5.41, 5.74) is 0.881. The first-order valence-corrected chi connectivity index (χ1v) is 9.96. The minimum absolute atomic E-state index is 0.0191. The molecule has 0 aromatic heterocycles. The number of hydrogen-bond donors (Lipinski definition) is 0. The lowest BCUT2D eigenvalue weighted by Crippen LogP contribution is -2.32. The van der Waals surface area contributed by atoms with Crippen LogP contribution in [0.5, 0.6) is 11.5 Å². The molecule has 142 valence electrons. The zero-order chi connectivity index (χ0) is 19.1. The Morgan fingerprint density at radius 2 is 1.88 bits per heavy atom. The number of methoxy groups -OCH3 is 2. The first-order valence-electron chi connectivity index (χ1n) is 8.73. The lowest BCUT2D eigenvalue weighted by Gasteiger charge is -2.20. The van der Waals surface area contributed by atoms with Crippen LogP contribution in [0.25, 0.3) is 6.08 Å². The summed E-state index contributed by atoms with van der Waals surface area (Å²) < 4.78 is 11.2. The third-order valence-corrected chi connectivity index (χ3v) is 5.71. The number of carbonyl (C=O) groups excluding carboxylic acids is 1. The van der Waals surface area contributed by atoms with Gasteiger partial charge in [-0.15, -0.1) is 0 Å². The van der Waals surface area contributed by atoms with E-state index >= 15 is 0 Å². The van der Waals surface area contributed by atoms with Gasteiger partial charge >= 0.3 is 0 Å². The van der Waals surface area contributed by atoms with Gasteiger partial charge < -0.3 is 14.4 Å². The van der Waals surface area contributed by atoms with E-state index in [1.807, 2.05) is 24.3 Å². The molecule has 2 rings (SSSR count). The predicted octanol–water partition coefficient (Wildman–Crippen LogP) is 3.64. The second-order valence-electron chi connectivity index (χ2n) is 5.83. The molecule has 7 heteroatoms. The van der Waals surface area contributed by atoms with E-state index in [-0.39, 0.29) is 5.91 Å². The number of rotatable bonds is 9. The number of benzene rings is 1. The van der Waals surface area contributed by atoms with Gasteiger partial charge in [0, 0.05) is 6.54 Å². The van der Waals surface area contributed by atoms with Crippen LogP contribution >= 0.6 is 24.0 Å².